The van der Waals surface area contributed by atoms with E-state index in [2.05, 4.69) is 20.5 Å². The van der Waals surface area contributed by atoms with E-state index in [0.717, 1.165) is 4.90 Å². The number of piperidine rings is 1. The second-order valence-electron chi connectivity index (χ2n) is 9.61. The molecule has 1 aromatic rings. The van der Waals surface area contributed by atoms with Crippen molar-refractivity contribution in [2.75, 3.05) is 19.7 Å². The molecule has 2 fully saturated rings. The van der Waals surface area contributed by atoms with E-state index >= 15 is 0 Å². The number of fused-ring (bicyclic) bond motifs is 2. The van der Waals surface area contributed by atoms with Crippen molar-refractivity contribution in [2.24, 2.45) is 0 Å². The number of alkyl carbamates (subject to hydrolysis) is 1. The first-order valence-corrected chi connectivity index (χ1v) is 13.1. The Balaban J connectivity index is 1.47. The summed E-state index contributed by atoms with van der Waals surface area (Å²) in [6.45, 7) is 5.57. The van der Waals surface area contributed by atoms with Crippen molar-refractivity contribution in [1.82, 2.24) is 26.1 Å². The molecule has 0 saturated carbocycles. The van der Waals surface area contributed by atoms with Crippen LogP contribution in [0.1, 0.15) is 39.2 Å². The predicted molar refractivity (Wildman–Crippen MR) is 130 cm³/mol. The van der Waals surface area contributed by atoms with Crippen LogP contribution in [0.25, 0.3) is 0 Å². The van der Waals surface area contributed by atoms with Gasteiger partial charge in [0.15, 0.2) is 0 Å². The minimum atomic E-state index is -4.90. The number of nitrogens with zero attached hydrogens (tertiary/aromatic N) is 2. The summed E-state index contributed by atoms with van der Waals surface area (Å²) in [6.07, 6.45) is -0.275. The van der Waals surface area contributed by atoms with Crippen LogP contribution < -0.4 is 20.9 Å². The van der Waals surface area contributed by atoms with Gasteiger partial charge in [-0.1, -0.05) is 18.2 Å². The number of ether oxygens (including phenoxy) is 2. The Hall–Kier alpha value is -3.63. The van der Waals surface area contributed by atoms with Gasteiger partial charge in [-0.3, -0.25) is 25.0 Å². The van der Waals surface area contributed by atoms with Gasteiger partial charge >= 0.3 is 22.5 Å². The van der Waals surface area contributed by atoms with Crippen LogP contribution in [-0.2, 0) is 35.4 Å². The van der Waals surface area contributed by atoms with Crippen molar-refractivity contribution in [2.45, 2.75) is 57.7 Å². The summed E-state index contributed by atoms with van der Waals surface area (Å²) in [5, 5.41) is 3.10. The maximum absolute atomic E-state index is 12.6. The van der Waals surface area contributed by atoms with E-state index in [-0.39, 0.29) is 39.0 Å². The third-order valence-electron chi connectivity index (χ3n) is 5.48. The van der Waals surface area contributed by atoms with E-state index in [4.69, 9.17) is 14.0 Å². The molecule has 2 aliphatic heterocycles. The number of para-hydroxylation sites is 1. The molecule has 3 rings (SSSR count). The van der Waals surface area contributed by atoms with E-state index in [9.17, 15) is 27.6 Å². The average molecular weight is 558 g/mol. The highest BCUT2D eigenvalue weighted by Crippen LogP contribution is 2.30. The molecule has 16 heteroatoms. The first-order valence-electron chi connectivity index (χ1n) is 11.8. The van der Waals surface area contributed by atoms with Gasteiger partial charge in [0.2, 0.25) is 5.91 Å². The Morgan fingerprint density at radius 2 is 1.84 bits per heavy atom. The summed E-state index contributed by atoms with van der Waals surface area (Å²) < 4.78 is 46.0. The summed E-state index contributed by atoms with van der Waals surface area (Å²) in [4.78, 5) is 50.4. The quantitative estimate of drug-likeness (QED) is 0.186. The van der Waals surface area contributed by atoms with E-state index in [0.29, 0.717) is 16.4 Å². The fraction of sp³-hybridized carbons (Fsp3) is 0.545. The van der Waals surface area contributed by atoms with Crippen LogP contribution in [0.5, 0.6) is 5.75 Å². The minimum absolute atomic E-state index is 0.0217. The predicted octanol–water partition coefficient (Wildman–Crippen LogP) is 0.283. The maximum Gasteiger partial charge on any atom is 0.418 e. The zero-order chi connectivity index (χ0) is 28.1. The van der Waals surface area contributed by atoms with Crippen molar-refractivity contribution in [3.63, 3.8) is 0 Å². The lowest BCUT2D eigenvalue weighted by Gasteiger charge is -2.29. The Kier molecular flexibility index (Phi) is 9.01. The zero-order valence-electron chi connectivity index (χ0n) is 21.1. The largest absolute Gasteiger partial charge is 0.491 e. The number of hydrogen-bond acceptors (Lipinski definition) is 9. The molecule has 0 aromatic heterocycles. The maximum atomic E-state index is 12.6. The fourth-order valence-electron chi connectivity index (χ4n) is 3.95. The van der Waals surface area contributed by atoms with Gasteiger partial charge in [-0.05, 0) is 39.7 Å². The van der Waals surface area contributed by atoms with Gasteiger partial charge in [0.05, 0.1) is 19.0 Å². The van der Waals surface area contributed by atoms with Gasteiger partial charge in [0, 0.05) is 12.1 Å². The zero-order valence-corrected chi connectivity index (χ0v) is 21.9. The van der Waals surface area contributed by atoms with Gasteiger partial charge < -0.3 is 19.7 Å². The molecule has 38 heavy (non-hydrogen) atoms. The number of benzene rings is 1. The summed E-state index contributed by atoms with van der Waals surface area (Å²) in [7, 11) is -4.90. The number of hydrazine groups is 1. The van der Waals surface area contributed by atoms with Crippen LogP contribution >= 0.6 is 0 Å². The number of carbonyl (C=O) groups excluding carboxylic acids is 4. The highest BCUT2D eigenvalue weighted by molar-refractivity contribution is 7.80. The first-order chi connectivity index (χ1) is 17.7. The molecule has 4 N–H and O–H groups in total. The van der Waals surface area contributed by atoms with Crippen molar-refractivity contribution < 1.29 is 45.9 Å². The summed E-state index contributed by atoms with van der Waals surface area (Å²) in [5.74, 6) is -0.810. The summed E-state index contributed by atoms with van der Waals surface area (Å²) in [6, 6.07) is 4.27. The van der Waals surface area contributed by atoms with E-state index < -0.39 is 52.0 Å². The molecule has 2 aliphatic rings. The Bertz CT molecular complexity index is 1170. The van der Waals surface area contributed by atoms with Crippen LogP contribution in [0, 0.1) is 0 Å². The van der Waals surface area contributed by atoms with Gasteiger partial charge in [-0.2, -0.15) is 13.5 Å². The summed E-state index contributed by atoms with van der Waals surface area (Å²) in [5.41, 5.74) is 4.48. The molecule has 2 bridgehead atoms. The minimum Gasteiger partial charge on any atom is -0.491 e. The van der Waals surface area contributed by atoms with Gasteiger partial charge in [-0.25, -0.2) is 9.59 Å². The van der Waals surface area contributed by atoms with Crippen molar-refractivity contribution >= 4 is 34.3 Å². The molecular formula is C22H31N5O10S. The Labute approximate surface area is 219 Å². The Morgan fingerprint density at radius 3 is 2.53 bits per heavy atom. The molecule has 0 unspecified atom stereocenters. The van der Waals surface area contributed by atoms with Crippen molar-refractivity contribution in [3.05, 3.63) is 29.8 Å². The number of urea groups is 1. The van der Waals surface area contributed by atoms with E-state index in [1.807, 2.05) is 0 Å². The molecule has 2 heterocycles. The number of carbonyl (C=O) groups is 4. The Morgan fingerprint density at radius 1 is 1.13 bits per heavy atom. The third-order valence-corrected chi connectivity index (χ3v) is 5.83. The van der Waals surface area contributed by atoms with E-state index in [1.54, 1.807) is 45.0 Å². The highest BCUT2D eigenvalue weighted by atomic mass is 32.3. The third kappa shape index (κ3) is 8.19. The van der Waals surface area contributed by atoms with E-state index in [1.165, 1.54) is 0 Å². The molecule has 0 aliphatic carbocycles. The van der Waals surface area contributed by atoms with Crippen LogP contribution in [0.3, 0.4) is 0 Å². The first kappa shape index (κ1) is 28.9. The second-order valence-corrected chi connectivity index (χ2v) is 10.6. The van der Waals surface area contributed by atoms with Crippen LogP contribution in [0.4, 0.5) is 9.59 Å². The van der Waals surface area contributed by atoms with Crippen molar-refractivity contribution in [1.29, 1.82) is 0 Å². The van der Waals surface area contributed by atoms with Crippen molar-refractivity contribution in [3.8, 4) is 5.75 Å². The molecule has 2 saturated heterocycles. The lowest BCUT2D eigenvalue weighted by molar-refractivity contribution is -0.131. The van der Waals surface area contributed by atoms with Crippen LogP contribution in [0.15, 0.2) is 24.3 Å². The molecule has 0 spiro atoms. The molecule has 5 amide bonds. The lowest BCUT2D eigenvalue weighted by atomic mass is 10.0. The van der Waals surface area contributed by atoms with Gasteiger partial charge in [0.1, 0.15) is 24.0 Å². The van der Waals surface area contributed by atoms with Gasteiger partial charge in [-0.15, -0.1) is 4.28 Å². The van der Waals surface area contributed by atoms with Crippen LogP contribution in [-0.4, -0.2) is 84.3 Å². The molecule has 1 aromatic carbocycles. The normalized spacial score (nSPS) is 19.1. The lowest BCUT2D eigenvalue weighted by Crippen LogP contribution is -2.54. The monoisotopic (exact) mass is 557 g/mol. The number of hydrogen-bond donors (Lipinski definition) is 4. The molecule has 2 atom stereocenters. The molecule has 0 radical (unpaired) electrons. The highest BCUT2D eigenvalue weighted by Gasteiger charge is 2.49. The molecule has 210 valence electrons. The number of rotatable bonds is 9. The van der Waals surface area contributed by atoms with Crippen LogP contribution in [0.2, 0.25) is 0 Å². The SMILES string of the molecule is CC(C)(C)OC(=O)NCCOc1ccccc1CC(=O)NNC(=O)[C@@H]1CC[C@@H]2CN1C(=O)N2OS(=O)(=O)O. The van der Waals surface area contributed by atoms with Gasteiger partial charge in [0.25, 0.3) is 5.91 Å². The topological polar surface area (TPSA) is 193 Å². The number of hydroxylamine groups is 2. The smallest absolute Gasteiger partial charge is 0.418 e. The average Bonchev–Trinajstić information content (AvgIpc) is 3.03. The molecule has 15 nitrogen and oxygen atoms in total. The second kappa shape index (κ2) is 11.8. The number of amides is 5. The molecular weight excluding hydrogens is 526 g/mol. The summed E-state index contributed by atoms with van der Waals surface area (Å²) >= 11 is 0. The standard InChI is InChI=1S/C22H31N5O10S/c1-22(2,3)36-20(30)23-10-11-35-17-7-5-4-6-14(17)12-18(28)24-25-19(29)16-9-8-15-13-26(16)21(31)27(15)37-38(32,33)34/h4-7,15-16H,8-13H2,1-3H3,(H,23,30)(H,24,28)(H,25,29)(H,32,33,34)/t15-,16+/m1/s1. The fourth-order valence-corrected chi connectivity index (χ4v) is 4.34. The number of nitrogens with one attached hydrogen (secondary N) is 3.